The Morgan fingerprint density at radius 2 is 1.78 bits per heavy atom. The van der Waals surface area contributed by atoms with Crippen molar-refractivity contribution in [1.29, 1.82) is 0 Å². The van der Waals surface area contributed by atoms with E-state index >= 15 is 0 Å². The van der Waals surface area contributed by atoms with Gasteiger partial charge in [-0.05, 0) is 24.3 Å². The molecule has 2 aromatic rings. The molecule has 0 atom stereocenters. The first kappa shape index (κ1) is 10.7. The van der Waals surface area contributed by atoms with Gasteiger partial charge in [-0.15, -0.1) is 0 Å². The first-order chi connectivity index (χ1) is 8.78. The summed E-state index contributed by atoms with van der Waals surface area (Å²) in [6, 6.07) is 12.1. The van der Waals surface area contributed by atoms with Crippen LogP contribution in [0.15, 0.2) is 42.5 Å². The molecule has 0 radical (unpaired) electrons. The van der Waals surface area contributed by atoms with Gasteiger partial charge in [0.05, 0.1) is 7.11 Å². The Labute approximate surface area is 104 Å². The molecule has 0 aliphatic carbocycles. The van der Waals surface area contributed by atoms with E-state index in [4.69, 9.17) is 14.2 Å². The average Bonchev–Trinajstić information content (AvgIpc) is 2.54. The van der Waals surface area contributed by atoms with Gasteiger partial charge in [0.1, 0.15) is 17.1 Å². The van der Waals surface area contributed by atoms with E-state index in [0.29, 0.717) is 28.6 Å². The maximum absolute atomic E-state index is 11.9. The molecule has 90 valence electrons. The van der Waals surface area contributed by atoms with Gasteiger partial charge in [0.25, 0.3) is 0 Å². The Hall–Kier alpha value is -2.49. The van der Waals surface area contributed by atoms with E-state index in [1.165, 1.54) is 0 Å². The van der Waals surface area contributed by atoms with E-state index in [2.05, 4.69) is 0 Å². The monoisotopic (exact) mass is 242 g/mol. The molecule has 2 aromatic carbocycles. The van der Waals surface area contributed by atoms with Crippen molar-refractivity contribution in [2.24, 2.45) is 0 Å². The molecule has 0 aromatic heterocycles. The molecule has 0 saturated heterocycles. The molecule has 0 bridgehead atoms. The van der Waals surface area contributed by atoms with Gasteiger partial charge in [0.15, 0.2) is 11.5 Å². The maximum atomic E-state index is 11.9. The van der Waals surface area contributed by atoms with Gasteiger partial charge in [-0.2, -0.15) is 0 Å². The van der Waals surface area contributed by atoms with Crippen molar-refractivity contribution in [2.75, 3.05) is 7.11 Å². The van der Waals surface area contributed by atoms with Crippen molar-refractivity contribution in [3.63, 3.8) is 0 Å². The van der Waals surface area contributed by atoms with Crippen LogP contribution in [0.3, 0.4) is 0 Å². The standard InChI is InChI=1S/C14H10O4/c1-16-9-6-7-12-13(8-9)18-14(15)10-4-2-3-5-11(10)17-12/h2-8H,1H3. The molecule has 3 rings (SSSR count). The third-order valence-electron chi connectivity index (χ3n) is 2.68. The lowest BCUT2D eigenvalue weighted by Crippen LogP contribution is -2.06. The summed E-state index contributed by atoms with van der Waals surface area (Å²) in [5.41, 5.74) is 0.410. The second kappa shape index (κ2) is 4.07. The Bertz CT molecular complexity index is 619. The molecule has 1 aliphatic rings. The van der Waals surface area contributed by atoms with Crippen LogP contribution in [-0.4, -0.2) is 13.1 Å². The fourth-order valence-corrected chi connectivity index (χ4v) is 1.78. The van der Waals surface area contributed by atoms with E-state index in [1.807, 2.05) is 0 Å². The van der Waals surface area contributed by atoms with Crippen LogP contribution in [0, 0.1) is 0 Å². The molecule has 4 heteroatoms. The van der Waals surface area contributed by atoms with E-state index in [0.717, 1.165) is 0 Å². The van der Waals surface area contributed by atoms with Crippen molar-refractivity contribution < 1.29 is 19.0 Å². The Morgan fingerprint density at radius 3 is 2.61 bits per heavy atom. The minimum absolute atomic E-state index is 0.357. The molecule has 0 N–H and O–H groups in total. The molecular weight excluding hydrogens is 232 g/mol. The number of rotatable bonds is 1. The molecule has 0 spiro atoms. The first-order valence-electron chi connectivity index (χ1n) is 5.45. The van der Waals surface area contributed by atoms with Gasteiger partial charge in [-0.3, -0.25) is 0 Å². The highest BCUT2D eigenvalue weighted by atomic mass is 16.6. The number of fused-ring (bicyclic) bond motifs is 2. The van der Waals surface area contributed by atoms with Gasteiger partial charge in [0.2, 0.25) is 0 Å². The summed E-state index contributed by atoms with van der Waals surface area (Å²) in [4.78, 5) is 11.9. The number of para-hydroxylation sites is 1. The lowest BCUT2D eigenvalue weighted by molar-refractivity contribution is 0.0737. The Balaban J connectivity index is 2.12. The zero-order valence-corrected chi connectivity index (χ0v) is 9.67. The lowest BCUT2D eigenvalue weighted by atomic mass is 10.2. The predicted octanol–water partition coefficient (Wildman–Crippen LogP) is 3.02. The zero-order chi connectivity index (χ0) is 12.5. The fourth-order valence-electron chi connectivity index (χ4n) is 1.78. The lowest BCUT2D eigenvalue weighted by Gasteiger charge is -2.07. The topological polar surface area (TPSA) is 44.8 Å². The molecule has 1 heterocycles. The van der Waals surface area contributed by atoms with Gasteiger partial charge >= 0.3 is 5.97 Å². The van der Waals surface area contributed by atoms with Crippen molar-refractivity contribution in [3.8, 4) is 23.0 Å². The van der Waals surface area contributed by atoms with Gasteiger partial charge in [0, 0.05) is 6.07 Å². The minimum Gasteiger partial charge on any atom is -0.497 e. The summed E-state index contributed by atoms with van der Waals surface area (Å²) >= 11 is 0. The number of carbonyl (C=O) groups is 1. The molecule has 0 saturated carbocycles. The van der Waals surface area contributed by atoms with Crippen molar-refractivity contribution in [3.05, 3.63) is 48.0 Å². The average molecular weight is 242 g/mol. The predicted molar refractivity (Wildman–Crippen MR) is 64.5 cm³/mol. The SMILES string of the molecule is COc1ccc2c(c1)OC(=O)c1ccccc1O2. The Kier molecular flexibility index (Phi) is 2.41. The van der Waals surface area contributed by atoms with E-state index in [9.17, 15) is 4.79 Å². The molecular formula is C14H10O4. The van der Waals surface area contributed by atoms with Crippen LogP contribution < -0.4 is 14.2 Å². The number of esters is 1. The summed E-state index contributed by atoms with van der Waals surface area (Å²) < 4.78 is 16.0. The fraction of sp³-hybridized carbons (Fsp3) is 0.0714. The number of methoxy groups -OCH3 is 1. The normalized spacial score (nSPS) is 12.6. The van der Waals surface area contributed by atoms with Crippen LogP contribution >= 0.6 is 0 Å². The number of ether oxygens (including phenoxy) is 3. The van der Waals surface area contributed by atoms with Crippen LogP contribution in [-0.2, 0) is 0 Å². The van der Waals surface area contributed by atoms with Crippen LogP contribution in [0.2, 0.25) is 0 Å². The summed E-state index contributed by atoms with van der Waals surface area (Å²) in [7, 11) is 1.55. The molecule has 1 aliphatic heterocycles. The third kappa shape index (κ3) is 1.68. The minimum atomic E-state index is -0.433. The highest BCUT2D eigenvalue weighted by Crippen LogP contribution is 2.39. The quantitative estimate of drug-likeness (QED) is 0.569. The van der Waals surface area contributed by atoms with Crippen LogP contribution in [0.1, 0.15) is 10.4 Å². The number of benzene rings is 2. The van der Waals surface area contributed by atoms with Crippen molar-refractivity contribution in [2.45, 2.75) is 0 Å². The van der Waals surface area contributed by atoms with Gasteiger partial charge < -0.3 is 14.2 Å². The van der Waals surface area contributed by atoms with Gasteiger partial charge in [-0.25, -0.2) is 4.79 Å². The first-order valence-corrected chi connectivity index (χ1v) is 5.45. The second-order valence-electron chi connectivity index (χ2n) is 3.80. The molecule has 0 fully saturated rings. The third-order valence-corrected chi connectivity index (χ3v) is 2.68. The highest BCUT2D eigenvalue weighted by molar-refractivity contribution is 5.95. The number of hydrogen-bond donors (Lipinski definition) is 0. The van der Waals surface area contributed by atoms with Crippen LogP contribution in [0.4, 0.5) is 0 Å². The molecule has 0 amide bonds. The Morgan fingerprint density at radius 1 is 0.944 bits per heavy atom. The summed E-state index contributed by atoms with van der Waals surface area (Å²) in [5, 5.41) is 0. The highest BCUT2D eigenvalue weighted by Gasteiger charge is 2.22. The summed E-state index contributed by atoms with van der Waals surface area (Å²) in [5.74, 6) is 1.52. The molecule has 18 heavy (non-hydrogen) atoms. The largest absolute Gasteiger partial charge is 0.497 e. The van der Waals surface area contributed by atoms with Crippen molar-refractivity contribution in [1.82, 2.24) is 0 Å². The van der Waals surface area contributed by atoms with Gasteiger partial charge in [-0.1, -0.05) is 12.1 Å². The van der Waals surface area contributed by atoms with Crippen LogP contribution in [0.25, 0.3) is 0 Å². The number of hydrogen-bond acceptors (Lipinski definition) is 4. The maximum Gasteiger partial charge on any atom is 0.347 e. The van der Waals surface area contributed by atoms with Crippen LogP contribution in [0.5, 0.6) is 23.0 Å². The number of carbonyl (C=O) groups excluding carboxylic acids is 1. The smallest absolute Gasteiger partial charge is 0.347 e. The molecule has 0 unspecified atom stereocenters. The summed E-state index contributed by atoms with van der Waals surface area (Å²) in [6.45, 7) is 0. The summed E-state index contributed by atoms with van der Waals surface area (Å²) in [6.07, 6.45) is 0. The van der Waals surface area contributed by atoms with E-state index in [-0.39, 0.29) is 0 Å². The van der Waals surface area contributed by atoms with E-state index < -0.39 is 5.97 Å². The zero-order valence-electron chi connectivity index (χ0n) is 9.67. The molecule has 4 nitrogen and oxygen atoms in total. The second-order valence-corrected chi connectivity index (χ2v) is 3.80. The van der Waals surface area contributed by atoms with Crippen molar-refractivity contribution >= 4 is 5.97 Å². The van der Waals surface area contributed by atoms with E-state index in [1.54, 1.807) is 49.6 Å².